The van der Waals surface area contributed by atoms with Gasteiger partial charge in [-0.15, -0.1) is 0 Å². The van der Waals surface area contributed by atoms with Crippen molar-refractivity contribution in [2.24, 2.45) is 17.3 Å². The number of aliphatic hydroxyl groups is 1. The highest BCUT2D eigenvalue weighted by Gasteiger charge is 2.50. The van der Waals surface area contributed by atoms with Gasteiger partial charge in [-0.1, -0.05) is 26.0 Å². The fraction of sp³-hybridized carbons (Fsp3) is 0.640. The number of rotatable bonds is 7. The number of ether oxygens (including phenoxy) is 1. The van der Waals surface area contributed by atoms with E-state index in [9.17, 15) is 14.3 Å². The number of hydrogen-bond donors (Lipinski definition) is 1. The Hall–Kier alpha value is -1.76. The van der Waals surface area contributed by atoms with Gasteiger partial charge < -0.3 is 14.7 Å². The molecule has 3 unspecified atom stereocenters. The standard InChI is InChI=1S/C25H35FN2O3/c1-17-4-5-18(12-23(17)26)24(30)28-10-8-27(9-11-28)14-21(29)16-31-15-19-6-7-20-13-22(19)25(20,2)3/h4-6,12,20-22,29H,7-11,13-16H2,1-3H3. The molecule has 170 valence electrons. The smallest absolute Gasteiger partial charge is 0.254 e. The molecule has 5 rings (SSSR count). The fourth-order valence-electron chi connectivity index (χ4n) is 5.35. The summed E-state index contributed by atoms with van der Waals surface area (Å²) in [5.41, 5.74) is 2.73. The van der Waals surface area contributed by atoms with Crippen molar-refractivity contribution in [3.05, 3.63) is 46.8 Å². The summed E-state index contributed by atoms with van der Waals surface area (Å²) in [4.78, 5) is 16.5. The highest BCUT2D eigenvalue weighted by atomic mass is 19.1. The second-order valence-electron chi connectivity index (χ2n) is 10.0. The van der Waals surface area contributed by atoms with E-state index in [1.807, 2.05) is 0 Å². The van der Waals surface area contributed by atoms with Gasteiger partial charge in [-0.2, -0.15) is 0 Å². The SMILES string of the molecule is Cc1ccc(C(=O)N2CCN(CC(O)COCC3=CCC4CC3C4(C)C)CC2)cc1F. The van der Waals surface area contributed by atoms with Gasteiger partial charge in [0.15, 0.2) is 0 Å². The molecule has 1 saturated carbocycles. The van der Waals surface area contributed by atoms with Gasteiger partial charge in [0.05, 0.1) is 19.3 Å². The van der Waals surface area contributed by atoms with E-state index >= 15 is 0 Å². The van der Waals surface area contributed by atoms with Crippen LogP contribution in [0.3, 0.4) is 0 Å². The number of benzene rings is 1. The average molecular weight is 431 g/mol. The number of amides is 1. The maximum atomic E-state index is 13.8. The van der Waals surface area contributed by atoms with E-state index in [1.165, 1.54) is 18.1 Å². The first-order valence-electron chi connectivity index (χ1n) is 11.5. The van der Waals surface area contributed by atoms with E-state index in [1.54, 1.807) is 24.0 Å². The van der Waals surface area contributed by atoms with Crippen molar-refractivity contribution < 1.29 is 19.0 Å². The van der Waals surface area contributed by atoms with Crippen LogP contribution in [0.25, 0.3) is 0 Å². The molecule has 1 N–H and O–H groups in total. The summed E-state index contributed by atoms with van der Waals surface area (Å²) in [5, 5.41) is 10.4. The first-order chi connectivity index (χ1) is 14.8. The third kappa shape index (κ3) is 4.71. The van der Waals surface area contributed by atoms with Gasteiger partial charge in [-0.05, 0) is 60.3 Å². The maximum Gasteiger partial charge on any atom is 0.254 e. The third-order valence-corrected chi connectivity index (χ3v) is 7.71. The van der Waals surface area contributed by atoms with Crippen LogP contribution in [0.2, 0.25) is 0 Å². The summed E-state index contributed by atoms with van der Waals surface area (Å²) in [6, 6.07) is 4.64. The van der Waals surface area contributed by atoms with Crippen molar-refractivity contribution in [2.75, 3.05) is 45.9 Å². The van der Waals surface area contributed by atoms with E-state index in [4.69, 9.17) is 4.74 Å². The number of allylic oxidation sites excluding steroid dienone is 1. The van der Waals surface area contributed by atoms with Gasteiger partial charge in [-0.25, -0.2) is 4.39 Å². The Bertz CT molecular complexity index is 845. The zero-order valence-corrected chi connectivity index (χ0v) is 18.9. The molecule has 1 aromatic rings. The number of aryl methyl sites for hydroxylation is 1. The summed E-state index contributed by atoms with van der Waals surface area (Å²) < 4.78 is 19.6. The van der Waals surface area contributed by atoms with Crippen LogP contribution in [0.4, 0.5) is 4.39 Å². The molecule has 2 fully saturated rings. The number of nitrogens with zero attached hydrogens (tertiary/aromatic N) is 2. The zero-order valence-electron chi connectivity index (χ0n) is 18.9. The largest absolute Gasteiger partial charge is 0.389 e. The lowest BCUT2D eigenvalue weighted by molar-refractivity contribution is -0.0272. The van der Waals surface area contributed by atoms with E-state index in [-0.39, 0.29) is 11.7 Å². The highest BCUT2D eigenvalue weighted by molar-refractivity contribution is 5.94. The predicted molar refractivity (Wildman–Crippen MR) is 118 cm³/mol. The molecule has 0 aromatic heterocycles. The first kappa shape index (κ1) is 22.4. The van der Waals surface area contributed by atoms with E-state index < -0.39 is 6.10 Å². The lowest BCUT2D eigenvalue weighted by Gasteiger charge is -2.56. The van der Waals surface area contributed by atoms with Crippen molar-refractivity contribution in [3.8, 4) is 0 Å². The van der Waals surface area contributed by atoms with Gasteiger partial charge >= 0.3 is 0 Å². The molecule has 3 aliphatic carbocycles. The summed E-state index contributed by atoms with van der Waals surface area (Å²) >= 11 is 0. The Morgan fingerprint density at radius 2 is 2.03 bits per heavy atom. The maximum absolute atomic E-state index is 13.8. The Labute approximate surface area is 184 Å². The van der Waals surface area contributed by atoms with Gasteiger partial charge in [-0.3, -0.25) is 9.69 Å². The first-order valence-corrected chi connectivity index (χ1v) is 11.5. The molecule has 0 radical (unpaired) electrons. The summed E-state index contributed by atoms with van der Waals surface area (Å²) in [6.45, 7) is 10.4. The molecule has 2 bridgehead atoms. The van der Waals surface area contributed by atoms with Gasteiger partial charge in [0.1, 0.15) is 5.82 Å². The third-order valence-electron chi connectivity index (χ3n) is 7.71. The molecule has 31 heavy (non-hydrogen) atoms. The topological polar surface area (TPSA) is 53.0 Å². The second-order valence-corrected chi connectivity index (χ2v) is 10.0. The average Bonchev–Trinajstić information content (AvgIpc) is 2.75. The molecule has 1 saturated heterocycles. The quantitative estimate of drug-likeness (QED) is 0.675. The fourth-order valence-corrected chi connectivity index (χ4v) is 5.35. The van der Waals surface area contributed by atoms with Crippen LogP contribution >= 0.6 is 0 Å². The molecule has 5 nitrogen and oxygen atoms in total. The van der Waals surface area contributed by atoms with Crippen molar-refractivity contribution in [1.82, 2.24) is 9.80 Å². The van der Waals surface area contributed by atoms with Crippen LogP contribution < -0.4 is 0 Å². The van der Waals surface area contributed by atoms with Crippen molar-refractivity contribution >= 4 is 5.91 Å². The van der Waals surface area contributed by atoms with Crippen LogP contribution in [0, 0.1) is 30.0 Å². The molecule has 6 heteroatoms. The number of β-amino-alcohol motifs (C(OH)–C–C–N with tert-alkyl or cyclic N) is 1. The zero-order chi connectivity index (χ0) is 22.2. The Morgan fingerprint density at radius 1 is 1.29 bits per heavy atom. The van der Waals surface area contributed by atoms with Gasteiger partial charge in [0, 0.05) is 38.3 Å². The predicted octanol–water partition coefficient (Wildman–Crippen LogP) is 3.26. The normalized spacial score (nSPS) is 26.2. The Kier molecular flexibility index (Phi) is 6.52. The van der Waals surface area contributed by atoms with Crippen molar-refractivity contribution in [2.45, 2.75) is 39.7 Å². The molecule has 0 spiro atoms. The van der Waals surface area contributed by atoms with E-state index in [2.05, 4.69) is 24.8 Å². The molecular formula is C25H35FN2O3. The molecule has 1 heterocycles. The van der Waals surface area contributed by atoms with Crippen molar-refractivity contribution in [1.29, 1.82) is 0 Å². The second kappa shape index (κ2) is 9.00. The number of carbonyl (C=O) groups is 1. The Morgan fingerprint density at radius 3 is 2.68 bits per heavy atom. The van der Waals surface area contributed by atoms with Gasteiger partial charge in [0.2, 0.25) is 0 Å². The number of fused-ring (bicyclic) bond motifs is 1. The highest BCUT2D eigenvalue weighted by Crippen LogP contribution is 2.59. The minimum atomic E-state index is -0.542. The summed E-state index contributed by atoms with van der Waals surface area (Å²) in [5.74, 6) is 0.972. The minimum absolute atomic E-state index is 0.135. The van der Waals surface area contributed by atoms with E-state index in [0.717, 1.165) is 12.3 Å². The minimum Gasteiger partial charge on any atom is -0.389 e. The number of aliphatic hydroxyl groups excluding tert-OH is 1. The van der Waals surface area contributed by atoms with E-state index in [0.29, 0.717) is 68.4 Å². The van der Waals surface area contributed by atoms with Crippen LogP contribution in [-0.4, -0.2) is 72.9 Å². The van der Waals surface area contributed by atoms with Crippen LogP contribution in [0.1, 0.15) is 42.6 Å². The van der Waals surface area contributed by atoms with Crippen molar-refractivity contribution in [3.63, 3.8) is 0 Å². The van der Waals surface area contributed by atoms with Gasteiger partial charge in [0.25, 0.3) is 5.91 Å². The number of halogens is 1. The van der Waals surface area contributed by atoms with Crippen LogP contribution in [0.5, 0.6) is 0 Å². The molecule has 3 atom stereocenters. The summed E-state index contributed by atoms with van der Waals surface area (Å²) in [7, 11) is 0. The molecular weight excluding hydrogens is 395 g/mol. The molecule has 1 aliphatic heterocycles. The Balaban J connectivity index is 1.17. The number of hydrogen-bond acceptors (Lipinski definition) is 4. The molecule has 1 amide bonds. The van der Waals surface area contributed by atoms with Crippen LogP contribution in [-0.2, 0) is 4.74 Å². The monoisotopic (exact) mass is 430 g/mol. The van der Waals surface area contributed by atoms with Crippen LogP contribution in [0.15, 0.2) is 29.8 Å². The number of carbonyl (C=O) groups excluding carboxylic acids is 1. The molecule has 4 aliphatic rings. The number of piperazine rings is 1. The summed E-state index contributed by atoms with van der Waals surface area (Å²) in [6.07, 6.45) is 4.23. The molecule has 1 aromatic carbocycles. The lowest BCUT2D eigenvalue weighted by Crippen LogP contribution is -2.51. The lowest BCUT2D eigenvalue weighted by atomic mass is 9.49.